The lowest BCUT2D eigenvalue weighted by molar-refractivity contribution is -0.394. The molecule has 1 saturated heterocycles. The first-order valence-electron chi connectivity index (χ1n) is 6.92. The maximum Gasteiger partial charge on any atom is 0.277 e. The number of nitrogens with zero attached hydrogens (tertiary/aromatic N) is 3. The predicted octanol–water partition coefficient (Wildman–Crippen LogP) is 1.68. The molecule has 0 radical (unpaired) electrons. The van der Waals surface area contributed by atoms with E-state index in [-0.39, 0.29) is 5.56 Å². The molecule has 1 heterocycles. The minimum absolute atomic E-state index is 0.0853. The molecule has 1 aromatic rings. The predicted molar refractivity (Wildman–Crippen MR) is 77.5 cm³/mol. The van der Waals surface area contributed by atoms with Gasteiger partial charge in [0.25, 0.3) is 17.3 Å². The molecule has 9 nitrogen and oxygen atoms in total. The third-order valence-electron chi connectivity index (χ3n) is 3.50. The molecule has 1 amide bonds. The van der Waals surface area contributed by atoms with Crippen LogP contribution in [0, 0.1) is 20.2 Å². The van der Waals surface area contributed by atoms with Gasteiger partial charge in [0.1, 0.15) is 0 Å². The van der Waals surface area contributed by atoms with Crippen molar-refractivity contribution in [3.8, 4) is 0 Å². The number of non-ortho nitro benzene ring substituents is 2. The van der Waals surface area contributed by atoms with Crippen molar-refractivity contribution in [3.05, 3.63) is 44.0 Å². The van der Waals surface area contributed by atoms with E-state index in [1.807, 2.05) is 0 Å². The number of hydrogen-bond donors (Lipinski definition) is 1. The Hall–Kier alpha value is -2.55. The highest BCUT2D eigenvalue weighted by Gasteiger charge is 2.20. The van der Waals surface area contributed by atoms with E-state index >= 15 is 0 Å². The maximum absolute atomic E-state index is 12.1. The number of nitro benzene ring substituents is 2. The van der Waals surface area contributed by atoms with Gasteiger partial charge in [0, 0.05) is 12.1 Å². The Morgan fingerprint density at radius 1 is 1.05 bits per heavy atom. The third-order valence-corrected chi connectivity index (χ3v) is 3.50. The van der Waals surface area contributed by atoms with Gasteiger partial charge >= 0.3 is 0 Å². The molecule has 1 aliphatic rings. The monoisotopic (exact) mass is 308 g/mol. The molecule has 22 heavy (non-hydrogen) atoms. The van der Waals surface area contributed by atoms with Gasteiger partial charge in [-0.25, -0.2) is 0 Å². The summed E-state index contributed by atoms with van der Waals surface area (Å²) in [6.45, 7) is 2.10. The molecule has 1 aliphatic heterocycles. The molecule has 0 aliphatic carbocycles. The molecule has 0 saturated carbocycles. The SMILES string of the molecule is O=C(NCN1CCCCC1)c1cc([N+](=O)[O-])cc([N+](=O)[O-])c1. The number of likely N-dealkylation sites (tertiary alicyclic amines) is 1. The average molecular weight is 308 g/mol. The second kappa shape index (κ2) is 6.94. The van der Waals surface area contributed by atoms with Gasteiger partial charge in [0.15, 0.2) is 0 Å². The van der Waals surface area contributed by atoms with Crippen molar-refractivity contribution >= 4 is 17.3 Å². The lowest BCUT2D eigenvalue weighted by atomic mass is 10.1. The van der Waals surface area contributed by atoms with Crippen LogP contribution in [-0.2, 0) is 0 Å². The van der Waals surface area contributed by atoms with E-state index in [9.17, 15) is 25.0 Å². The van der Waals surface area contributed by atoms with Crippen molar-refractivity contribution in [1.29, 1.82) is 0 Å². The number of rotatable bonds is 5. The molecule has 9 heteroatoms. The van der Waals surface area contributed by atoms with Gasteiger partial charge in [-0.2, -0.15) is 0 Å². The Kier molecular flexibility index (Phi) is 4.99. The van der Waals surface area contributed by atoms with E-state index in [4.69, 9.17) is 0 Å². The largest absolute Gasteiger partial charge is 0.339 e. The number of nitrogens with one attached hydrogen (secondary N) is 1. The molecule has 1 aromatic carbocycles. The zero-order chi connectivity index (χ0) is 16.1. The molecule has 0 bridgehead atoms. The minimum atomic E-state index is -0.756. The lowest BCUT2D eigenvalue weighted by Gasteiger charge is -2.26. The molecule has 118 valence electrons. The van der Waals surface area contributed by atoms with Crippen LogP contribution < -0.4 is 5.32 Å². The third kappa shape index (κ3) is 3.98. The maximum atomic E-state index is 12.1. The molecular weight excluding hydrogens is 292 g/mol. The van der Waals surface area contributed by atoms with E-state index in [0.717, 1.165) is 44.1 Å². The fourth-order valence-corrected chi connectivity index (χ4v) is 2.34. The van der Waals surface area contributed by atoms with Crippen LogP contribution in [0.25, 0.3) is 0 Å². The molecule has 0 atom stereocenters. The van der Waals surface area contributed by atoms with Crippen LogP contribution >= 0.6 is 0 Å². The summed E-state index contributed by atoms with van der Waals surface area (Å²) in [4.78, 5) is 34.2. The van der Waals surface area contributed by atoms with Crippen molar-refractivity contribution < 1.29 is 14.6 Å². The highest BCUT2D eigenvalue weighted by atomic mass is 16.6. The van der Waals surface area contributed by atoms with Crippen LogP contribution in [0.4, 0.5) is 11.4 Å². The van der Waals surface area contributed by atoms with Crippen LogP contribution in [0.5, 0.6) is 0 Å². The molecule has 1 fully saturated rings. The van der Waals surface area contributed by atoms with Crippen LogP contribution in [0.3, 0.4) is 0 Å². The number of carbonyl (C=O) groups excluding carboxylic acids is 1. The topological polar surface area (TPSA) is 119 Å². The Labute approximate surface area is 126 Å². The average Bonchev–Trinajstić information content (AvgIpc) is 2.53. The first-order chi connectivity index (χ1) is 10.5. The summed E-state index contributed by atoms with van der Waals surface area (Å²) >= 11 is 0. The summed E-state index contributed by atoms with van der Waals surface area (Å²) in [5.41, 5.74) is -1.03. The second-order valence-corrected chi connectivity index (χ2v) is 5.10. The number of hydrogen-bond acceptors (Lipinski definition) is 6. The minimum Gasteiger partial charge on any atom is -0.339 e. The van der Waals surface area contributed by atoms with E-state index in [2.05, 4.69) is 10.2 Å². The number of amides is 1. The summed E-state index contributed by atoms with van der Waals surface area (Å²) in [5.74, 6) is -0.558. The summed E-state index contributed by atoms with van der Waals surface area (Å²) in [5, 5.41) is 24.2. The van der Waals surface area contributed by atoms with Gasteiger partial charge in [-0.05, 0) is 25.9 Å². The molecular formula is C13H16N4O5. The Bertz CT molecular complexity index is 566. The van der Waals surface area contributed by atoms with E-state index < -0.39 is 27.1 Å². The second-order valence-electron chi connectivity index (χ2n) is 5.10. The summed E-state index contributed by atoms with van der Waals surface area (Å²) in [7, 11) is 0. The molecule has 0 aromatic heterocycles. The number of benzene rings is 1. The first kappa shape index (κ1) is 15.8. The molecule has 0 spiro atoms. The van der Waals surface area contributed by atoms with Crippen LogP contribution in [-0.4, -0.2) is 40.4 Å². The highest BCUT2D eigenvalue weighted by molar-refractivity contribution is 5.95. The fourth-order valence-electron chi connectivity index (χ4n) is 2.34. The fraction of sp³-hybridized carbons (Fsp3) is 0.462. The van der Waals surface area contributed by atoms with Crippen molar-refractivity contribution in [2.24, 2.45) is 0 Å². The van der Waals surface area contributed by atoms with Crippen LogP contribution in [0.2, 0.25) is 0 Å². The van der Waals surface area contributed by atoms with E-state index in [1.165, 1.54) is 6.42 Å². The normalized spacial score (nSPS) is 15.3. The van der Waals surface area contributed by atoms with Crippen molar-refractivity contribution in [3.63, 3.8) is 0 Å². The van der Waals surface area contributed by atoms with Gasteiger partial charge in [-0.3, -0.25) is 29.9 Å². The van der Waals surface area contributed by atoms with Gasteiger partial charge in [0.2, 0.25) is 0 Å². The van der Waals surface area contributed by atoms with Crippen molar-refractivity contribution in [2.75, 3.05) is 19.8 Å². The summed E-state index contributed by atoms with van der Waals surface area (Å²) in [6.07, 6.45) is 3.30. The Morgan fingerprint density at radius 2 is 1.59 bits per heavy atom. The zero-order valence-electron chi connectivity index (χ0n) is 11.9. The van der Waals surface area contributed by atoms with Gasteiger partial charge in [0.05, 0.1) is 28.1 Å². The Balaban J connectivity index is 2.10. The highest BCUT2D eigenvalue weighted by Crippen LogP contribution is 2.22. The smallest absolute Gasteiger partial charge is 0.277 e. The van der Waals surface area contributed by atoms with Crippen molar-refractivity contribution in [2.45, 2.75) is 19.3 Å². The van der Waals surface area contributed by atoms with Crippen LogP contribution in [0.15, 0.2) is 18.2 Å². The number of carbonyl (C=O) groups is 1. The van der Waals surface area contributed by atoms with Gasteiger partial charge < -0.3 is 5.32 Å². The number of piperidine rings is 1. The molecule has 2 rings (SSSR count). The van der Waals surface area contributed by atoms with Gasteiger partial charge in [-0.1, -0.05) is 6.42 Å². The van der Waals surface area contributed by atoms with Crippen molar-refractivity contribution in [1.82, 2.24) is 10.2 Å². The van der Waals surface area contributed by atoms with E-state index in [1.54, 1.807) is 0 Å². The van der Waals surface area contributed by atoms with E-state index in [0.29, 0.717) is 6.67 Å². The molecule has 1 N–H and O–H groups in total. The zero-order valence-corrected chi connectivity index (χ0v) is 11.9. The quantitative estimate of drug-likeness (QED) is 0.653. The first-order valence-corrected chi connectivity index (χ1v) is 6.92. The van der Waals surface area contributed by atoms with Crippen LogP contribution in [0.1, 0.15) is 29.6 Å². The Morgan fingerprint density at radius 3 is 2.09 bits per heavy atom. The number of nitro groups is 2. The molecule has 0 unspecified atom stereocenters. The van der Waals surface area contributed by atoms with Gasteiger partial charge in [-0.15, -0.1) is 0 Å². The summed E-state index contributed by atoms with van der Waals surface area (Å²) < 4.78 is 0. The standard InChI is InChI=1S/C13H16N4O5/c18-13(14-9-15-4-2-1-3-5-15)10-6-11(16(19)20)8-12(7-10)17(21)22/h6-8H,1-5,9H2,(H,14,18). The lowest BCUT2D eigenvalue weighted by Crippen LogP contribution is -2.40. The summed E-state index contributed by atoms with van der Waals surface area (Å²) in [6, 6.07) is 2.92.